The van der Waals surface area contributed by atoms with E-state index in [1.807, 2.05) is 6.92 Å². The van der Waals surface area contributed by atoms with E-state index in [9.17, 15) is 0 Å². The highest BCUT2D eigenvalue weighted by Crippen LogP contribution is 2.36. The molecule has 4 rings (SSSR count). The van der Waals surface area contributed by atoms with Gasteiger partial charge < -0.3 is 9.47 Å². The number of anilines is 1. The van der Waals surface area contributed by atoms with Gasteiger partial charge in [-0.05, 0) is 64.0 Å². The quantitative estimate of drug-likeness (QED) is 0.855. The van der Waals surface area contributed by atoms with Gasteiger partial charge in [0.2, 0.25) is 0 Å². The lowest BCUT2D eigenvalue weighted by Gasteiger charge is -2.25. The number of rotatable bonds is 2. The first-order valence-corrected chi connectivity index (χ1v) is 8.77. The Labute approximate surface area is 137 Å². The van der Waals surface area contributed by atoms with Gasteiger partial charge in [-0.25, -0.2) is 4.98 Å². The van der Waals surface area contributed by atoms with Gasteiger partial charge in [0, 0.05) is 19.3 Å². The van der Waals surface area contributed by atoms with Gasteiger partial charge in [-0.15, -0.1) is 5.10 Å². The number of aromatic nitrogens is 4. The third kappa shape index (κ3) is 2.42. The van der Waals surface area contributed by atoms with Gasteiger partial charge in [0.25, 0.3) is 0 Å². The number of hydrogen-bond acceptors (Lipinski definition) is 4. The van der Waals surface area contributed by atoms with Crippen molar-refractivity contribution < 1.29 is 0 Å². The molecule has 1 aliphatic heterocycles. The molecule has 1 atom stereocenters. The maximum atomic E-state index is 5.02. The van der Waals surface area contributed by atoms with Crippen LogP contribution in [0.3, 0.4) is 0 Å². The molecule has 0 saturated carbocycles. The highest BCUT2D eigenvalue weighted by atomic mass is 15.3. The van der Waals surface area contributed by atoms with Crippen molar-refractivity contribution in [2.45, 2.75) is 58.4 Å². The maximum absolute atomic E-state index is 5.02. The summed E-state index contributed by atoms with van der Waals surface area (Å²) in [5, 5.41) is 8.77. The second-order valence-electron chi connectivity index (χ2n) is 6.95. The summed E-state index contributed by atoms with van der Waals surface area (Å²) >= 11 is 0. The Morgan fingerprint density at radius 1 is 1.09 bits per heavy atom. The average molecular weight is 311 g/mol. The molecule has 2 aromatic heterocycles. The molecule has 3 heterocycles. The summed E-state index contributed by atoms with van der Waals surface area (Å²) in [7, 11) is 2.19. The van der Waals surface area contributed by atoms with Crippen molar-refractivity contribution in [3.8, 4) is 0 Å². The normalized spacial score (nSPS) is 20.8. The summed E-state index contributed by atoms with van der Waals surface area (Å²) in [5.41, 5.74) is 4.99. The van der Waals surface area contributed by atoms with Crippen molar-refractivity contribution in [2.75, 3.05) is 11.4 Å². The SMILES string of the molecule is Cc1cc(N2CCC[C@H]2c2nc3c(n2C)CCCC3)nnc1C. The van der Waals surface area contributed by atoms with Crippen LogP contribution in [0.1, 0.15) is 60.2 Å². The Bertz CT molecular complexity index is 733. The molecule has 2 aromatic rings. The fourth-order valence-corrected chi connectivity index (χ4v) is 3.99. The van der Waals surface area contributed by atoms with E-state index in [-0.39, 0.29) is 0 Å². The van der Waals surface area contributed by atoms with Crippen molar-refractivity contribution in [1.82, 2.24) is 19.7 Å². The summed E-state index contributed by atoms with van der Waals surface area (Å²) in [6.07, 6.45) is 7.23. The van der Waals surface area contributed by atoms with Crippen LogP contribution in [0.4, 0.5) is 5.82 Å². The van der Waals surface area contributed by atoms with Crippen LogP contribution >= 0.6 is 0 Å². The fourth-order valence-electron chi connectivity index (χ4n) is 3.99. The predicted molar refractivity (Wildman–Crippen MR) is 90.7 cm³/mol. The minimum atomic E-state index is 0.335. The number of imidazole rings is 1. The van der Waals surface area contributed by atoms with Gasteiger partial charge in [0.1, 0.15) is 5.82 Å². The van der Waals surface area contributed by atoms with Gasteiger partial charge in [0.05, 0.1) is 17.4 Å². The van der Waals surface area contributed by atoms with Crippen LogP contribution in [0.25, 0.3) is 0 Å². The predicted octanol–water partition coefficient (Wildman–Crippen LogP) is 3.05. The van der Waals surface area contributed by atoms with Crippen LogP contribution < -0.4 is 4.90 Å². The minimum absolute atomic E-state index is 0.335. The van der Waals surface area contributed by atoms with Gasteiger partial charge in [-0.2, -0.15) is 5.10 Å². The number of fused-ring (bicyclic) bond motifs is 1. The molecule has 5 heteroatoms. The molecule has 1 fully saturated rings. The second-order valence-corrected chi connectivity index (χ2v) is 6.95. The maximum Gasteiger partial charge on any atom is 0.152 e. The van der Waals surface area contributed by atoms with E-state index in [1.165, 1.54) is 48.5 Å². The first kappa shape index (κ1) is 14.7. The standard InChI is InChI=1S/C18H25N5/c1-12-11-17(21-20-13(12)2)23-10-6-9-16(23)18-19-14-7-4-5-8-15(14)22(18)3/h11,16H,4-10H2,1-3H3/t16-/m0/s1. The van der Waals surface area contributed by atoms with E-state index >= 15 is 0 Å². The van der Waals surface area contributed by atoms with Crippen molar-refractivity contribution >= 4 is 5.82 Å². The molecular weight excluding hydrogens is 286 g/mol. The molecule has 23 heavy (non-hydrogen) atoms. The fraction of sp³-hybridized carbons (Fsp3) is 0.611. The molecule has 1 saturated heterocycles. The lowest BCUT2D eigenvalue weighted by Crippen LogP contribution is -2.26. The lowest BCUT2D eigenvalue weighted by molar-refractivity contribution is 0.605. The van der Waals surface area contributed by atoms with Gasteiger partial charge in [-0.1, -0.05) is 0 Å². The molecule has 0 spiro atoms. The minimum Gasteiger partial charge on any atom is -0.345 e. The summed E-state index contributed by atoms with van der Waals surface area (Å²) in [6.45, 7) is 5.16. The third-order valence-electron chi connectivity index (χ3n) is 5.47. The topological polar surface area (TPSA) is 46.8 Å². The largest absolute Gasteiger partial charge is 0.345 e. The lowest BCUT2D eigenvalue weighted by atomic mass is 10.0. The van der Waals surface area contributed by atoms with Crippen LogP contribution in [0, 0.1) is 13.8 Å². The van der Waals surface area contributed by atoms with Crippen molar-refractivity contribution in [3.63, 3.8) is 0 Å². The number of hydrogen-bond donors (Lipinski definition) is 0. The van der Waals surface area contributed by atoms with Crippen LogP contribution in [0.2, 0.25) is 0 Å². The Morgan fingerprint density at radius 3 is 2.70 bits per heavy atom. The van der Waals surface area contributed by atoms with Crippen LogP contribution in [-0.4, -0.2) is 26.3 Å². The molecule has 5 nitrogen and oxygen atoms in total. The van der Waals surface area contributed by atoms with E-state index in [0.29, 0.717) is 6.04 Å². The van der Waals surface area contributed by atoms with E-state index < -0.39 is 0 Å². The molecule has 0 aromatic carbocycles. The zero-order valence-electron chi connectivity index (χ0n) is 14.3. The molecule has 1 aliphatic carbocycles. The van der Waals surface area contributed by atoms with Crippen molar-refractivity contribution in [3.05, 3.63) is 34.5 Å². The number of nitrogens with zero attached hydrogens (tertiary/aromatic N) is 5. The first-order valence-electron chi connectivity index (χ1n) is 8.77. The Kier molecular flexibility index (Phi) is 3.58. The zero-order chi connectivity index (χ0) is 16.0. The summed E-state index contributed by atoms with van der Waals surface area (Å²) in [4.78, 5) is 7.42. The third-order valence-corrected chi connectivity index (χ3v) is 5.47. The van der Waals surface area contributed by atoms with Crippen LogP contribution in [0.5, 0.6) is 0 Å². The Morgan fingerprint density at radius 2 is 1.91 bits per heavy atom. The summed E-state index contributed by atoms with van der Waals surface area (Å²) in [5.74, 6) is 2.21. The van der Waals surface area contributed by atoms with Gasteiger partial charge >= 0.3 is 0 Å². The van der Waals surface area contributed by atoms with E-state index in [1.54, 1.807) is 0 Å². The highest BCUT2D eigenvalue weighted by Gasteiger charge is 2.32. The zero-order valence-corrected chi connectivity index (χ0v) is 14.3. The molecule has 122 valence electrons. The summed E-state index contributed by atoms with van der Waals surface area (Å²) < 4.78 is 2.35. The summed E-state index contributed by atoms with van der Waals surface area (Å²) in [6, 6.07) is 2.51. The highest BCUT2D eigenvalue weighted by molar-refractivity contribution is 5.44. The van der Waals surface area contributed by atoms with Gasteiger partial charge in [0.15, 0.2) is 5.82 Å². The molecule has 2 aliphatic rings. The van der Waals surface area contributed by atoms with Gasteiger partial charge in [-0.3, -0.25) is 0 Å². The van der Waals surface area contributed by atoms with Crippen molar-refractivity contribution in [1.29, 1.82) is 0 Å². The molecular formula is C18H25N5. The Hall–Kier alpha value is -1.91. The molecule has 0 N–H and O–H groups in total. The van der Waals surface area contributed by atoms with E-state index in [4.69, 9.17) is 4.98 Å². The number of aryl methyl sites for hydroxylation is 3. The Balaban J connectivity index is 1.70. The molecule has 0 bridgehead atoms. The average Bonchev–Trinajstić information content (AvgIpc) is 3.15. The molecule has 0 radical (unpaired) electrons. The van der Waals surface area contributed by atoms with Crippen molar-refractivity contribution in [2.24, 2.45) is 7.05 Å². The van der Waals surface area contributed by atoms with E-state index in [2.05, 4.69) is 39.7 Å². The first-order chi connectivity index (χ1) is 11.1. The molecule has 0 unspecified atom stereocenters. The second kappa shape index (κ2) is 5.62. The molecule has 0 amide bonds. The van der Waals surface area contributed by atoms with Crippen LogP contribution in [0.15, 0.2) is 6.07 Å². The van der Waals surface area contributed by atoms with E-state index in [0.717, 1.165) is 30.9 Å². The monoisotopic (exact) mass is 311 g/mol. The van der Waals surface area contributed by atoms with Crippen LogP contribution in [-0.2, 0) is 19.9 Å². The smallest absolute Gasteiger partial charge is 0.152 e.